The molecule has 0 aliphatic carbocycles. The predicted molar refractivity (Wildman–Crippen MR) is 73.9 cm³/mol. The van der Waals surface area contributed by atoms with Crippen LogP contribution in [0.5, 0.6) is 0 Å². The molecule has 2 rings (SSSR count). The summed E-state index contributed by atoms with van der Waals surface area (Å²) in [5, 5.41) is 3.11. The summed E-state index contributed by atoms with van der Waals surface area (Å²) in [6.07, 6.45) is 2.52. The Labute approximate surface area is 111 Å². The number of hydrogen-bond acceptors (Lipinski definition) is 5. The number of hydrogen-bond donors (Lipinski definition) is 1. The predicted octanol–water partition coefficient (Wildman–Crippen LogP) is 2.06. The Hall–Kier alpha value is -1.01. The van der Waals surface area contributed by atoms with Crippen LogP contribution >= 0.6 is 11.8 Å². The number of thioether (sulfide) groups is 1. The molecule has 1 N–H and O–H groups in total. The quantitative estimate of drug-likeness (QED) is 0.906. The van der Waals surface area contributed by atoms with Crippen molar-refractivity contribution in [3.63, 3.8) is 0 Å². The van der Waals surface area contributed by atoms with E-state index in [2.05, 4.69) is 17.2 Å². The van der Waals surface area contributed by atoms with Crippen LogP contribution in [-0.2, 0) is 4.74 Å². The summed E-state index contributed by atoms with van der Waals surface area (Å²) in [5.74, 6) is 1.42. The first-order chi connectivity index (χ1) is 8.60. The van der Waals surface area contributed by atoms with Gasteiger partial charge in [0.15, 0.2) is 0 Å². The molecule has 0 aromatic carbocycles. The highest BCUT2D eigenvalue weighted by molar-refractivity contribution is 7.99. The third-order valence-electron chi connectivity index (χ3n) is 2.64. The number of rotatable bonds is 4. The minimum atomic E-state index is -0.261. The van der Waals surface area contributed by atoms with Crippen LogP contribution in [0.15, 0.2) is 17.1 Å². The normalized spacial score (nSPS) is 23.6. The Balaban J connectivity index is 2.13. The van der Waals surface area contributed by atoms with Crippen LogP contribution in [0.3, 0.4) is 0 Å². The smallest absolute Gasteiger partial charge is 0.351 e. The van der Waals surface area contributed by atoms with Crippen molar-refractivity contribution in [3.8, 4) is 0 Å². The van der Waals surface area contributed by atoms with Crippen molar-refractivity contribution in [1.29, 1.82) is 0 Å². The summed E-state index contributed by atoms with van der Waals surface area (Å²) in [5.41, 5.74) is -0.0710. The second kappa shape index (κ2) is 5.75. The Morgan fingerprint density at radius 2 is 2.44 bits per heavy atom. The van der Waals surface area contributed by atoms with E-state index in [0.717, 1.165) is 12.2 Å². The van der Waals surface area contributed by atoms with Gasteiger partial charge in [0.2, 0.25) is 0 Å². The molecule has 1 aromatic rings. The summed E-state index contributed by atoms with van der Waals surface area (Å²) in [4.78, 5) is 15.9. The van der Waals surface area contributed by atoms with Gasteiger partial charge in [-0.15, -0.1) is 11.8 Å². The molecular weight excluding hydrogens is 250 g/mol. The first-order valence-electron chi connectivity index (χ1n) is 6.23. The number of ether oxygens (including phenoxy) is 1. The highest BCUT2D eigenvalue weighted by Gasteiger charge is 2.26. The van der Waals surface area contributed by atoms with Gasteiger partial charge in [0.25, 0.3) is 0 Å². The van der Waals surface area contributed by atoms with Crippen LogP contribution < -0.4 is 11.0 Å². The highest BCUT2D eigenvalue weighted by Crippen LogP contribution is 2.32. The summed E-state index contributed by atoms with van der Waals surface area (Å²) < 4.78 is 7.33. The molecule has 0 unspecified atom stereocenters. The van der Waals surface area contributed by atoms with Crippen molar-refractivity contribution >= 4 is 17.6 Å². The van der Waals surface area contributed by atoms with Crippen LogP contribution in [0.2, 0.25) is 0 Å². The number of nitrogens with one attached hydrogen (secondary N) is 1. The standard InChI is InChI=1S/C12H19N3O2S/c1-4-11-17-10(7-18-11)15-6-5-9(13-8(2)3)14-12(15)16/h5-6,8,10-11H,4,7H2,1-3H3,(H,13,14,16)/t10-,11+/m0/s1. The van der Waals surface area contributed by atoms with Crippen molar-refractivity contribution in [1.82, 2.24) is 9.55 Å². The van der Waals surface area contributed by atoms with E-state index < -0.39 is 0 Å². The average molecular weight is 269 g/mol. The Kier molecular flexibility index (Phi) is 4.29. The molecule has 0 spiro atoms. The monoisotopic (exact) mass is 269 g/mol. The summed E-state index contributed by atoms with van der Waals surface area (Å²) in [6.45, 7) is 6.10. The lowest BCUT2D eigenvalue weighted by molar-refractivity contribution is 0.0148. The maximum absolute atomic E-state index is 11.9. The lowest BCUT2D eigenvalue weighted by Crippen LogP contribution is -2.29. The molecule has 5 nitrogen and oxygen atoms in total. The second-order valence-electron chi connectivity index (χ2n) is 4.56. The molecule has 1 aromatic heterocycles. The Morgan fingerprint density at radius 3 is 3.00 bits per heavy atom. The minimum Gasteiger partial charge on any atom is -0.368 e. The van der Waals surface area contributed by atoms with Crippen molar-refractivity contribution in [3.05, 3.63) is 22.7 Å². The molecule has 1 aliphatic rings. The maximum Gasteiger partial charge on any atom is 0.351 e. The minimum absolute atomic E-state index is 0.187. The first kappa shape index (κ1) is 13.4. The van der Waals surface area contributed by atoms with Gasteiger partial charge in [-0.1, -0.05) is 6.92 Å². The van der Waals surface area contributed by atoms with Crippen LogP contribution in [-0.4, -0.2) is 26.8 Å². The first-order valence-corrected chi connectivity index (χ1v) is 7.27. The lowest BCUT2D eigenvalue weighted by atomic mass is 10.4. The van der Waals surface area contributed by atoms with Gasteiger partial charge in [0, 0.05) is 18.0 Å². The van der Waals surface area contributed by atoms with Crippen molar-refractivity contribution in [2.24, 2.45) is 0 Å². The van der Waals surface area contributed by atoms with Crippen molar-refractivity contribution in [2.75, 3.05) is 11.1 Å². The Bertz CT molecular complexity index is 461. The molecule has 1 fully saturated rings. The van der Waals surface area contributed by atoms with Crippen LogP contribution in [0.25, 0.3) is 0 Å². The molecule has 1 aliphatic heterocycles. The molecule has 0 bridgehead atoms. The molecular formula is C12H19N3O2S. The topological polar surface area (TPSA) is 56.1 Å². The molecule has 6 heteroatoms. The van der Waals surface area contributed by atoms with Gasteiger partial charge < -0.3 is 10.1 Å². The van der Waals surface area contributed by atoms with Gasteiger partial charge in [-0.2, -0.15) is 4.98 Å². The molecule has 2 atom stereocenters. The molecule has 18 heavy (non-hydrogen) atoms. The number of anilines is 1. The maximum atomic E-state index is 11.9. The molecule has 0 saturated carbocycles. The van der Waals surface area contributed by atoms with E-state index in [-0.39, 0.29) is 23.4 Å². The van der Waals surface area contributed by atoms with E-state index in [1.54, 1.807) is 22.5 Å². The zero-order valence-corrected chi connectivity index (χ0v) is 11.7. The van der Waals surface area contributed by atoms with Gasteiger partial charge in [-0.3, -0.25) is 4.57 Å². The third-order valence-corrected chi connectivity index (χ3v) is 3.94. The van der Waals surface area contributed by atoms with Crippen LogP contribution in [0.1, 0.15) is 33.4 Å². The fourth-order valence-corrected chi connectivity index (χ4v) is 2.87. The number of nitrogens with zero attached hydrogens (tertiary/aromatic N) is 2. The van der Waals surface area contributed by atoms with Gasteiger partial charge >= 0.3 is 5.69 Å². The summed E-state index contributed by atoms with van der Waals surface area (Å²) in [6, 6.07) is 2.07. The fourth-order valence-electron chi connectivity index (χ4n) is 1.81. The zero-order valence-electron chi connectivity index (χ0n) is 10.9. The SMILES string of the molecule is CC[C@@H]1O[C@H](n2ccc(NC(C)C)nc2=O)CS1. The highest BCUT2D eigenvalue weighted by atomic mass is 32.2. The van der Waals surface area contributed by atoms with Crippen LogP contribution in [0.4, 0.5) is 5.82 Å². The lowest BCUT2D eigenvalue weighted by Gasteiger charge is -2.15. The van der Waals surface area contributed by atoms with E-state index in [1.807, 2.05) is 19.9 Å². The van der Waals surface area contributed by atoms with Crippen molar-refractivity contribution in [2.45, 2.75) is 44.9 Å². The summed E-state index contributed by atoms with van der Waals surface area (Å²) >= 11 is 1.74. The van der Waals surface area contributed by atoms with E-state index in [9.17, 15) is 4.79 Å². The summed E-state index contributed by atoms with van der Waals surface area (Å²) in [7, 11) is 0. The average Bonchev–Trinajstić information content (AvgIpc) is 2.76. The fraction of sp³-hybridized carbons (Fsp3) is 0.667. The van der Waals surface area contributed by atoms with E-state index in [1.165, 1.54) is 0 Å². The third kappa shape index (κ3) is 3.05. The molecule has 2 heterocycles. The van der Waals surface area contributed by atoms with E-state index in [4.69, 9.17) is 4.74 Å². The van der Waals surface area contributed by atoms with Crippen LogP contribution in [0, 0.1) is 0 Å². The molecule has 0 radical (unpaired) electrons. The van der Waals surface area contributed by atoms with Gasteiger partial charge in [-0.25, -0.2) is 4.79 Å². The Morgan fingerprint density at radius 1 is 1.67 bits per heavy atom. The van der Waals surface area contributed by atoms with Gasteiger partial charge in [0.1, 0.15) is 17.5 Å². The van der Waals surface area contributed by atoms with E-state index >= 15 is 0 Å². The van der Waals surface area contributed by atoms with Gasteiger partial charge in [0.05, 0.1) is 0 Å². The largest absolute Gasteiger partial charge is 0.368 e. The van der Waals surface area contributed by atoms with Crippen molar-refractivity contribution < 1.29 is 4.74 Å². The number of aromatic nitrogens is 2. The van der Waals surface area contributed by atoms with E-state index in [0.29, 0.717) is 5.82 Å². The second-order valence-corrected chi connectivity index (χ2v) is 5.76. The van der Waals surface area contributed by atoms with Gasteiger partial charge in [-0.05, 0) is 26.3 Å². The molecule has 1 saturated heterocycles. The molecule has 0 amide bonds. The zero-order chi connectivity index (χ0) is 13.1. The molecule has 100 valence electrons.